The van der Waals surface area contributed by atoms with Crippen LogP contribution in [0.5, 0.6) is 0 Å². The molecule has 3 heterocycles. The highest BCUT2D eigenvalue weighted by Crippen LogP contribution is 2.27. The third-order valence-corrected chi connectivity index (χ3v) is 5.44. The zero-order valence-corrected chi connectivity index (χ0v) is 14.7. The van der Waals surface area contributed by atoms with Crippen LogP contribution in [0.3, 0.4) is 0 Å². The van der Waals surface area contributed by atoms with Crippen molar-refractivity contribution < 1.29 is 4.39 Å². The molecule has 2 saturated heterocycles. The molecule has 2 aliphatic rings. The standard InChI is InChI=1S/C19H24FN3.ClH/c20-17-11-15-3-1-8-22-19(15)16(12-17)13-23-9-5-14(6-10-23)18-4-2-7-21-18;/h1,3,8,11-12,14,18,21H,2,4-7,9-10,13H2;1H. The van der Waals surface area contributed by atoms with Crippen LogP contribution in [0.25, 0.3) is 10.9 Å². The van der Waals surface area contributed by atoms with Gasteiger partial charge in [0.15, 0.2) is 0 Å². The molecule has 4 rings (SSSR count). The second kappa shape index (κ2) is 7.77. The number of nitrogens with one attached hydrogen (secondary N) is 1. The number of rotatable bonds is 3. The molecule has 0 radical (unpaired) electrons. The Morgan fingerprint density at radius 3 is 2.79 bits per heavy atom. The average molecular weight is 350 g/mol. The number of hydrogen-bond donors (Lipinski definition) is 1. The second-order valence-electron chi connectivity index (χ2n) is 6.96. The highest BCUT2D eigenvalue weighted by atomic mass is 35.5. The molecule has 5 heteroatoms. The van der Waals surface area contributed by atoms with E-state index in [-0.39, 0.29) is 18.2 Å². The molecule has 1 N–H and O–H groups in total. The van der Waals surface area contributed by atoms with E-state index >= 15 is 0 Å². The van der Waals surface area contributed by atoms with Gasteiger partial charge in [-0.2, -0.15) is 0 Å². The molecule has 2 aliphatic heterocycles. The number of aromatic nitrogens is 1. The minimum Gasteiger partial charge on any atom is -0.314 e. The quantitative estimate of drug-likeness (QED) is 0.914. The third-order valence-electron chi connectivity index (χ3n) is 5.44. The predicted molar refractivity (Wildman–Crippen MR) is 98.0 cm³/mol. The van der Waals surface area contributed by atoms with Gasteiger partial charge in [0.05, 0.1) is 5.52 Å². The molecule has 2 fully saturated rings. The van der Waals surface area contributed by atoms with Crippen LogP contribution in [-0.2, 0) is 6.54 Å². The third kappa shape index (κ3) is 3.71. The van der Waals surface area contributed by atoms with Crippen LogP contribution < -0.4 is 5.32 Å². The van der Waals surface area contributed by atoms with Gasteiger partial charge in [0.25, 0.3) is 0 Å². The summed E-state index contributed by atoms with van der Waals surface area (Å²) in [7, 11) is 0. The molecular weight excluding hydrogens is 325 g/mol. The van der Waals surface area contributed by atoms with Crippen molar-refractivity contribution in [1.29, 1.82) is 0 Å². The monoisotopic (exact) mass is 349 g/mol. The van der Waals surface area contributed by atoms with Crippen molar-refractivity contribution in [2.45, 2.75) is 38.3 Å². The molecule has 1 aromatic heterocycles. The molecule has 1 atom stereocenters. The maximum Gasteiger partial charge on any atom is 0.124 e. The highest BCUT2D eigenvalue weighted by molar-refractivity contribution is 5.85. The topological polar surface area (TPSA) is 28.2 Å². The van der Waals surface area contributed by atoms with Gasteiger partial charge < -0.3 is 5.32 Å². The fraction of sp³-hybridized carbons (Fsp3) is 0.526. The van der Waals surface area contributed by atoms with E-state index in [1.165, 1.54) is 32.2 Å². The Balaban J connectivity index is 0.00000169. The van der Waals surface area contributed by atoms with E-state index in [2.05, 4.69) is 15.2 Å². The van der Waals surface area contributed by atoms with Crippen LogP contribution in [0.4, 0.5) is 4.39 Å². The van der Waals surface area contributed by atoms with E-state index in [4.69, 9.17) is 0 Å². The summed E-state index contributed by atoms with van der Waals surface area (Å²) < 4.78 is 13.9. The highest BCUT2D eigenvalue weighted by Gasteiger charge is 2.28. The number of hydrogen-bond acceptors (Lipinski definition) is 3. The van der Waals surface area contributed by atoms with E-state index in [0.29, 0.717) is 0 Å². The molecule has 0 saturated carbocycles. The van der Waals surface area contributed by atoms with Crippen LogP contribution in [-0.4, -0.2) is 35.6 Å². The Morgan fingerprint density at radius 1 is 1.21 bits per heavy atom. The van der Waals surface area contributed by atoms with Gasteiger partial charge in [-0.3, -0.25) is 9.88 Å². The van der Waals surface area contributed by atoms with Crippen LogP contribution in [0.1, 0.15) is 31.2 Å². The average Bonchev–Trinajstić information content (AvgIpc) is 3.10. The molecule has 3 nitrogen and oxygen atoms in total. The molecular formula is C19H25ClFN3. The van der Waals surface area contributed by atoms with Crippen molar-refractivity contribution in [3.05, 3.63) is 41.8 Å². The lowest BCUT2D eigenvalue weighted by atomic mass is 9.88. The molecule has 0 aliphatic carbocycles. The maximum atomic E-state index is 13.9. The van der Waals surface area contributed by atoms with E-state index in [9.17, 15) is 4.39 Å². The van der Waals surface area contributed by atoms with Gasteiger partial charge in [0.1, 0.15) is 5.82 Å². The number of likely N-dealkylation sites (tertiary alicyclic amines) is 1. The number of nitrogens with zero attached hydrogens (tertiary/aromatic N) is 2. The van der Waals surface area contributed by atoms with Crippen LogP contribution >= 0.6 is 12.4 Å². The minimum absolute atomic E-state index is 0. The van der Waals surface area contributed by atoms with Gasteiger partial charge >= 0.3 is 0 Å². The van der Waals surface area contributed by atoms with Gasteiger partial charge in [-0.25, -0.2) is 4.39 Å². The Kier molecular flexibility index (Phi) is 5.69. The minimum atomic E-state index is -0.162. The van der Waals surface area contributed by atoms with Crippen LogP contribution in [0, 0.1) is 11.7 Å². The van der Waals surface area contributed by atoms with Gasteiger partial charge in [-0.1, -0.05) is 6.07 Å². The molecule has 1 unspecified atom stereocenters. The molecule has 2 aromatic rings. The normalized spacial score (nSPS) is 22.6. The van der Waals surface area contributed by atoms with Gasteiger partial charge in [-0.05, 0) is 75.0 Å². The molecule has 0 spiro atoms. The van der Waals surface area contributed by atoms with Gasteiger partial charge in [0, 0.05) is 24.2 Å². The van der Waals surface area contributed by atoms with Crippen molar-refractivity contribution >= 4 is 23.3 Å². The number of halogens is 2. The van der Waals surface area contributed by atoms with Gasteiger partial charge in [-0.15, -0.1) is 12.4 Å². The summed E-state index contributed by atoms with van der Waals surface area (Å²) in [6, 6.07) is 7.76. The predicted octanol–water partition coefficient (Wildman–Crippen LogP) is 3.76. The summed E-state index contributed by atoms with van der Waals surface area (Å²) in [5.41, 5.74) is 1.95. The number of benzene rings is 1. The lowest BCUT2D eigenvalue weighted by molar-refractivity contribution is 0.157. The first-order valence-electron chi connectivity index (χ1n) is 8.78. The zero-order chi connectivity index (χ0) is 15.6. The maximum absolute atomic E-state index is 13.9. The Labute approximate surface area is 149 Å². The van der Waals surface area contributed by atoms with Crippen LogP contribution in [0.15, 0.2) is 30.5 Å². The first-order chi connectivity index (χ1) is 11.3. The largest absolute Gasteiger partial charge is 0.314 e. The lowest BCUT2D eigenvalue weighted by Crippen LogP contribution is -2.40. The van der Waals surface area contributed by atoms with Crippen molar-refractivity contribution in [3.63, 3.8) is 0 Å². The number of piperidine rings is 1. The van der Waals surface area contributed by atoms with E-state index in [0.717, 1.165) is 48.1 Å². The number of pyridine rings is 1. The zero-order valence-electron chi connectivity index (χ0n) is 13.9. The Hall–Kier alpha value is -1.23. The molecule has 0 bridgehead atoms. The van der Waals surface area contributed by atoms with E-state index in [1.807, 2.05) is 12.1 Å². The summed E-state index contributed by atoms with van der Waals surface area (Å²) in [6.45, 7) is 4.20. The molecule has 0 amide bonds. The van der Waals surface area contributed by atoms with Gasteiger partial charge in [0.2, 0.25) is 0 Å². The smallest absolute Gasteiger partial charge is 0.124 e. The summed E-state index contributed by atoms with van der Waals surface area (Å²) in [5.74, 6) is 0.654. The Morgan fingerprint density at radius 2 is 2.04 bits per heavy atom. The molecule has 1 aromatic carbocycles. The molecule has 24 heavy (non-hydrogen) atoms. The van der Waals surface area contributed by atoms with Crippen LogP contribution in [0.2, 0.25) is 0 Å². The van der Waals surface area contributed by atoms with Crippen molar-refractivity contribution in [1.82, 2.24) is 15.2 Å². The van der Waals surface area contributed by atoms with Crippen molar-refractivity contribution in [2.24, 2.45) is 5.92 Å². The first kappa shape index (κ1) is 17.6. The summed E-state index contributed by atoms with van der Waals surface area (Å²) in [5, 5.41) is 4.54. The SMILES string of the molecule is Cl.Fc1cc(CN2CCC(C3CCCN3)CC2)c2ncccc2c1. The van der Waals surface area contributed by atoms with Crippen molar-refractivity contribution in [3.8, 4) is 0 Å². The summed E-state index contributed by atoms with van der Waals surface area (Å²) >= 11 is 0. The number of fused-ring (bicyclic) bond motifs is 1. The summed E-state index contributed by atoms with van der Waals surface area (Å²) in [4.78, 5) is 6.92. The van der Waals surface area contributed by atoms with E-state index in [1.54, 1.807) is 18.3 Å². The fourth-order valence-corrected chi connectivity index (χ4v) is 4.22. The fourth-order valence-electron chi connectivity index (χ4n) is 4.22. The second-order valence-corrected chi connectivity index (χ2v) is 6.96. The summed E-state index contributed by atoms with van der Waals surface area (Å²) in [6.07, 6.45) is 6.95. The first-order valence-corrected chi connectivity index (χ1v) is 8.78. The Bertz CT molecular complexity index is 679. The molecule has 130 valence electrons. The lowest BCUT2D eigenvalue weighted by Gasteiger charge is -2.35. The van der Waals surface area contributed by atoms with Crippen molar-refractivity contribution in [2.75, 3.05) is 19.6 Å². The van der Waals surface area contributed by atoms with E-state index < -0.39 is 0 Å².